The number of sulfone groups is 1. The van der Waals surface area contributed by atoms with Crippen LogP contribution in [0.4, 0.5) is 14.9 Å². The number of carbonyl (C=O) groups is 2. The lowest BCUT2D eigenvalue weighted by molar-refractivity contribution is -0.115. The predicted octanol–water partition coefficient (Wildman–Crippen LogP) is 2.39. The second-order valence-electron chi connectivity index (χ2n) is 8.14. The Morgan fingerprint density at radius 2 is 1.83 bits per heavy atom. The normalized spacial score (nSPS) is 18.6. The van der Waals surface area contributed by atoms with Crippen LogP contribution in [0.5, 0.6) is 0 Å². The number of urea groups is 1. The molecule has 10 nitrogen and oxygen atoms in total. The Labute approximate surface area is 201 Å². The zero-order valence-corrected chi connectivity index (χ0v) is 20.2. The van der Waals surface area contributed by atoms with Gasteiger partial charge in [-0.05, 0) is 36.2 Å². The number of benzene rings is 1. The molecular weight excluding hydrogens is 499 g/mol. The van der Waals surface area contributed by atoms with Crippen LogP contribution < -0.4 is 4.90 Å². The number of carbonyl (C=O) groups excluding carboxylic acids is 2. The number of hydrogen-bond donors (Lipinski definition) is 0. The SMILES string of the molecule is CS(=O)(=O)c1cc(C#N)ccc1[C@@H]1C2=C(CCC2=O)N(c2ccnc(CF)c2)C(=O)N1S(C)(=O)=O. The summed E-state index contributed by atoms with van der Waals surface area (Å²) in [6.07, 6.45) is 2.97. The molecule has 1 aromatic carbocycles. The Bertz CT molecular complexity index is 1560. The van der Waals surface area contributed by atoms with Crippen LogP contribution in [-0.2, 0) is 31.3 Å². The molecule has 0 N–H and O–H groups in total. The van der Waals surface area contributed by atoms with Crippen LogP contribution in [0.2, 0.25) is 0 Å². The van der Waals surface area contributed by atoms with Gasteiger partial charge < -0.3 is 0 Å². The topological polar surface area (TPSA) is 146 Å². The minimum atomic E-state index is -4.36. The van der Waals surface area contributed by atoms with Gasteiger partial charge >= 0.3 is 6.03 Å². The van der Waals surface area contributed by atoms with Crippen LogP contribution >= 0.6 is 0 Å². The number of hydrogen-bond acceptors (Lipinski definition) is 8. The third-order valence-electron chi connectivity index (χ3n) is 5.75. The zero-order chi connectivity index (χ0) is 25.7. The van der Waals surface area contributed by atoms with Crippen molar-refractivity contribution in [3.05, 3.63) is 64.6 Å². The number of nitrogens with zero attached hydrogens (tertiary/aromatic N) is 4. The summed E-state index contributed by atoms with van der Waals surface area (Å²) in [6.45, 7) is -0.928. The maximum Gasteiger partial charge on any atom is 0.343 e. The molecule has 1 aliphatic heterocycles. The first-order valence-corrected chi connectivity index (χ1v) is 14.0. The molecule has 35 heavy (non-hydrogen) atoms. The van der Waals surface area contributed by atoms with Crippen molar-refractivity contribution in [2.24, 2.45) is 0 Å². The van der Waals surface area contributed by atoms with Gasteiger partial charge in [0.1, 0.15) is 12.7 Å². The molecule has 2 amide bonds. The quantitative estimate of drug-likeness (QED) is 0.586. The Hall–Kier alpha value is -3.63. The maximum atomic E-state index is 13.7. The first-order chi connectivity index (χ1) is 16.4. The molecule has 2 aromatic rings. The van der Waals surface area contributed by atoms with Crippen molar-refractivity contribution >= 4 is 37.4 Å². The van der Waals surface area contributed by atoms with E-state index in [9.17, 15) is 36.1 Å². The van der Waals surface area contributed by atoms with Gasteiger partial charge in [-0.3, -0.25) is 14.7 Å². The maximum absolute atomic E-state index is 13.7. The summed E-state index contributed by atoms with van der Waals surface area (Å²) in [7, 11) is -8.37. The number of ketones is 1. The highest BCUT2D eigenvalue weighted by Crippen LogP contribution is 2.47. The van der Waals surface area contributed by atoms with Crippen LogP contribution in [0, 0.1) is 11.3 Å². The number of allylic oxidation sites excluding steroid dienone is 1. The molecule has 0 radical (unpaired) electrons. The number of rotatable bonds is 5. The summed E-state index contributed by atoms with van der Waals surface area (Å²) < 4.78 is 64.8. The van der Waals surface area contributed by atoms with Gasteiger partial charge in [-0.15, -0.1) is 0 Å². The van der Waals surface area contributed by atoms with Crippen LogP contribution in [-0.4, -0.2) is 50.5 Å². The van der Waals surface area contributed by atoms with Crippen molar-refractivity contribution in [2.45, 2.75) is 30.5 Å². The number of amides is 2. The molecule has 0 saturated heterocycles. The van der Waals surface area contributed by atoms with Gasteiger partial charge in [0.05, 0.1) is 34.2 Å². The van der Waals surface area contributed by atoms with Crippen molar-refractivity contribution in [1.82, 2.24) is 9.29 Å². The third kappa shape index (κ3) is 4.19. The van der Waals surface area contributed by atoms with Crippen LogP contribution in [0.3, 0.4) is 0 Å². The van der Waals surface area contributed by atoms with Gasteiger partial charge in [-0.1, -0.05) is 6.07 Å². The molecule has 0 fully saturated rings. The molecule has 13 heteroatoms. The van der Waals surface area contributed by atoms with Crippen LogP contribution in [0.1, 0.15) is 35.7 Å². The van der Waals surface area contributed by atoms with Gasteiger partial charge in [0.25, 0.3) is 0 Å². The van der Waals surface area contributed by atoms with Crippen molar-refractivity contribution in [3.63, 3.8) is 0 Å². The van der Waals surface area contributed by atoms with E-state index in [2.05, 4.69) is 4.98 Å². The summed E-state index contributed by atoms with van der Waals surface area (Å²) in [4.78, 5) is 31.3. The van der Waals surface area contributed by atoms with Gasteiger partial charge in [-0.25, -0.2) is 30.3 Å². The largest absolute Gasteiger partial charge is 0.343 e. The molecular formula is C22H19FN4O6S2. The smallest absolute Gasteiger partial charge is 0.294 e. The fraction of sp³-hybridized carbons (Fsp3) is 0.273. The Kier molecular flexibility index (Phi) is 5.98. The van der Waals surface area contributed by atoms with E-state index in [1.54, 1.807) is 0 Å². The standard InChI is InChI=1S/C22H19FN4O6S2/c1-34(30,31)19-9-13(12-24)3-4-16(19)21-20-17(5-6-18(20)28)26(22(29)27(21)35(2,32)33)15-7-8-25-14(10-15)11-23/h3-4,7-10,21H,5-6,11H2,1-2H3/t21-/m1/s1. The fourth-order valence-corrected chi connectivity index (χ4v) is 6.27. The van der Waals surface area contributed by atoms with E-state index in [0.29, 0.717) is 4.31 Å². The molecule has 1 aromatic heterocycles. The fourth-order valence-electron chi connectivity index (χ4n) is 4.36. The van der Waals surface area contributed by atoms with E-state index >= 15 is 0 Å². The Morgan fingerprint density at radius 1 is 1.11 bits per heavy atom. The van der Waals surface area contributed by atoms with E-state index in [0.717, 1.165) is 23.5 Å². The van der Waals surface area contributed by atoms with Crippen molar-refractivity contribution < 1.29 is 30.8 Å². The number of pyridine rings is 1. The lowest BCUT2D eigenvalue weighted by Gasteiger charge is -2.41. The van der Waals surface area contributed by atoms with E-state index in [1.807, 2.05) is 6.07 Å². The molecule has 0 spiro atoms. The third-order valence-corrected chi connectivity index (χ3v) is 7.98. The highest BCUT2D eigenvalue weighted by Gasteiger charge is 2.50. The molecule has 0 bridgehead atoms. The number of anilines is 1. The summed E-state index contributed by atoms with van der Waals surface area (Å²) >= 11 is 0. The van der Waals surface area contributed by atoms with Gasteiger partial charge in [-0.2, -0.15) is 5.26 Å². The minimum absolute atomic E-state index is 0.00116. The zero-order valence-electron chi connectivity index (χ0n) is 18.6. The second-order valence-corrected chi connectivity index (χ2v) is 12.0. The van der Waals surface area contributed by atoms with Gasteiger partial charge in [0.2, 0.25) is 10.0 Å². The van der Waals surface area contributed by atoms with E-state index in [4.69, 9.17) is 0 Å². The molecule has 4 rings (SSSR count). The molecule has 0 unspecified atom stereocenters. The Balaban J connectivity index is 2.07. The molecule has 1 atom stereocenters. The van der Waals surface area contributed by atoms with Crippen molar-refractivity contribution in [2.75, 3.05) is 17.4 Å². The first kappa shape index (κ1) is 24.5. The number of alkyl halides is 1. The molecule has 2 heterocycles. The average molecular weight is 519 g/mol. The summed E-state index contributed by atoms with van der Waals surface area (Å²) in [6, 6.07) is 5.49. The number of nitriles is 1. The van der Waals surface area contributed by atoms with E-state index in [-0.39, 0.29) is 51.5 Å². The monoisotopic (exact) mass is 518 g/mol. The highest BCUT2D eigenvalue weighted by atomic mass is 32.2. The number of sulfonamides is 1. The van der Waals surface area contributed by atoms with E-state index < -0.39 is 44.4 Å². The number of Topliss-reactive ketones (excluding diaryl/α,β-unsaturated/α-hetero) is 1. The molecule has 2 aliphatic rings. The summed E-state index contributed by atoms with van der Waals surface area (Å²) in [5.74, 6) is -0.459. The van der Waals surface area contributed by atoms with Crippen molar-refractivity contribution in [1.29, 1.82) is 5.26 Å². The lowest BCUT2D eigenvalue weighted by atomic mass is 9.94. The molecule has 0 saturated carbocycles. The summed E-state index contributed by atoms with van der Waals surface area (Å²) in [5.41, 5.74) is 0.155. The highest BCUT2D eigenvalue weighted by molar-refractivity contribution is 7.90. The van der Waals surface area contributed by atoms with E-state index in [1.165, 1.54) is 30.5 Å². The van der Waals surface area contributed by atoms with Crippen LogP contribution in [0.15, 0.2) is 52.7 Å². The van der Waals surface area contributed by atoms with Crippen LogP contribution in [0.25, 0.3) is 0 Å². The molecule has 182 valence electrons. The first-order valence-electron chi connectivity index (χ1n) is 10.2. The van der Waals surface area contributed by atoms with Gasteiger partial charge in [0.15, 0.2) is 15.6 Å². The average Bonchev–Trinajstić information content (AvgIpc) is 3.17. The second kappa shape index (κ2) is 8.54. The lowest BCUT2D eigenvalue weighted by Crippen LogP contribution is -2.52. The molecule has 1 aliphatic carbocycles. The van der Waals surface area contributed by atoms with Crippen molar-refractivity contribution in [3.8, 4) is 6.07 Å². The minimum Gasteiger partial charge on any atom is -0.294 e. The number of halogens is 1. The summed E-state index contributed by atoms with van der Waals surface area (Å²) in [5, 5.41) is 9.24. The Morgan fingerprint density at radius 3 is 2.43 bits per heavy atom. The van der Waals surface area contributed by atoms with Gasteiger partial charge in [0, 0.05) is 30.1 Å². The predicted molar refractivity (Wildman–Crippen MR) is 122 cm³/mol. The number of aromatic nitrogens is 1.